The summed E-state index contributed by atoms with van der Waals surface area (Å²) in [5.74, 6) is -1.88. The van der Waals surface area contributed by atoms with Crippen LogP contribution in [-0.2, 0) is 16.6 Å². The van der Waals surface area contributed by atoms with Gasteiger partial charge in [-0.2, -0.15) is 5.26 Å². The van der Waals surface area contributed by atoms with Crippen molar-refractivity contribution in [3.63, 3.8) is 0 Å². The maximum atomic E-state index is 11.9. The largest absolute Gasteiger partial charge is 0.385 e. The average molecular weight is 347 g/mol. The van der Waals surface area contributed by atoms with Gasteiger partial charge in [-0.1, -0.05) is 11.6 Å². The lowest BCUT2D eigenvalue weighted by Gasteiger charge is -2.13. The van der Waals surface area contributed by atoms with Crippen LogP contribution in [0.3, 0.4) is 0 Å². The second-order valence-corrected chi connectivity index (χ2v) is 5.46. The van der Waals surface area contributed by atoms with E-state index in [2.05, 4.69) is 10.6 Å². The summed E-state index contributed by atoms with van der Waals surface area (Å²) in [7, 11) is 1.76. The van der Waals surface area contributed by atoms with Gasteiger partial charge in [0.2, 0.25) is 0 Å². The molecule has 0 radical (unpaired) electrons. The van der Waals surface area contributed by atoms with Crippen LogP contribution in [0.5, 0.6) is 0 Å². The molecule has 0 unspecified atom stereocenters. The van der Waals surface area contributed by atoms with E-state index in [0.717, 1.165) is 0 Å². The Morgan fingerprint density at radius 3 is 2.75 bits per heavy atom. The fourth-order valence-corrected chi connectivity index (χ4v) is 2.26. The minimum absolute atomic E-state index is 0.120. The number of hydrogen-bond acceptors (Lipinski definition) is 4. The Hall–Kier alpha value is -2.82. The Morgan fingerprint density at radius 1 is 1.38 bits per heavy atom. The number of nitrogens with one attached hydrogen (secondary N) is 2. The van der Waals surface area contributed by atoms with Crippen LogP contribution in [-0.4, -0.2) is 28.0 Å². The second kappa shape index (κ2) is 7.64. The van der Waals surface area contributed by atoms with Crippen LogP contribution in [0.2, 0.25) is 5.02 Å². The van der Waals surface area contributed by atoms with E-state index in [1.54, 1.807) is 29.9 Å². The van der Waals surface area contributed by atoms with Crippen molar-refractivity contribution in [3.05, 3.63) is 52.8 Å². The van der Waals surface area contributed by atoms with Crippen molar-refractivity contribution < 1.29 is 14.7 Å². The Labute approximate surface area is 143 Å². The predicted octanol–water partition coefficient (Wildman–Crippen LogP) is 1.34. The fourth-order valence-electron chi connectivity index (χ4n) is 2.09. The van der Waals surface area contributed by atoms with Gasteiger partial charge in [0.1, 0.15) is 12.2 Å². The maximum absolute atomic E-state index is 11.9. The van der Waals surface area contributed by atoms with Crippen molar-refractivity contribution in [1.82, 2.24) is 9.88 Å². The number of aromatic nitrogens is 1. The first-order chi connectivity index (χ1) is 11.4. The summed E-state index contributed by atoms with van der Waals surface area (Å²) in [6.07, 6.45) is 0.818. The summed E-state index contributed by atoms with van der Waals surface area (Å²) in [6, 6.07) is 9.69. The maximum Gasteiger partial charge on any atom is 0.313 e. The van der Waals surface area contributed by atoms with E-state index in [1.165, 1.54) is 18.2 Å². The number of anilines is 1. The molecule has 0 saturated heterocycles. The molecule has 1 aromatic heterocycles. The fraction of sp³-hybridized carbons (Fsp3) is 0.188. The quantitative estimate of drug-likeness (QED) is 0.726. The van der Waals surface area contributed by atoms with E-state index in [4.69, 9.17) is 16.9 Å². The number of nitrogens with zero attached hydrogens (tertiary/aromatic N) is 2. The molecule has 3 N–H and O–H groups in total. The van der Waals surface area contributed by atoms with Crippen molar-refractivity contribution in [1.29, 1.82) is 5.26 Å². The molecule has 1 atom stereocenters. The number of halogens is 1. The number of aliphatic hydroxyl groups is 1. The third-order valence-electron chi connectivity index (χ3n) is 3.34. The molecule has 0 aliphatic rings. The number of amides is 2. The van der Waals surface area contributed by atoms with Crippen molar-refractivity contribution in [2.45, 2.75) is 6.10 Å². The number of carbonyl (C=O) groups excluding carboxylic acids is 2. The molecule has 0 spiro atoms. The van der Waals surface area contributed by atoms with Crippen LogP contribution in [0.1, 0.15) is 17.4 Å². The molecule has 2 rings (SSSR count). The summed E-state index contributed by atoms with van der Waals surface area (Å²) >= 11 is 5.81. The number of rotatable bonds is 4. The smallest absolute Gasteiger partial charge is 0.313 e. The molecule has 0 fully saturated rings. The van der Waals surface area contributed by atoms with Crippen LogP contribution in [0.25, 0.3) is 0 Å². The lowest BCUT2D eigenvalue weighted by Crippen LogP contribution is -2.38. The monoisotopic (exact) mass is 346 g/mol. The summed E-state index contributed by atoms with van der Waals surface area (Å²) in [6.45, 7) is -0.120. The van der Waals surface area contributed by atoms with Crippen molar-refractivity contribution in [2.75, 3.05) is 11.9 Å². The molecule has 124 valence electrons. The molecule has 0 aliphatic heterocycles. The summed E-state index contributed by atoms with van der Waals surface area (Å²) < 4.78 is 1.71. The number of nitriles is 1. The van der Waals surface area contributed by atoms with Crippen LogP contribution >= 0.6 is 11.6 Å². The van der Waals surface area contributed by atoms with E-state index in [1.807, 2.05) is 6.07 Å². The van der Waals surface area contributed by atoms with E-state index >= 15 is 0 Å². The number of benzene rings is 1. The first kappa shape index (κ1) is 17.5. The summed E-state index contributed by atoms with van der Waals surface area (Å²) in [5.41, 5.74) is 0.940. The van der Waals surface area contributed by atoms with Crippen molar-refractivity contribution in [2.24, 2.45) is 7.05 Å². The number of carbonyl (C=O) groups is 2. The minimum atomic E-state index is -0.951. The first-order valence-corrected chi connectivity index (χ1v) is 7.38. The van der Waals surface area contributed by atoms with Gasteiger partial charge in [0.05, 0.1) is 11.3 Å². The van der Waals surface area contributed by atoms with E-state index in [-0.39, 0.29) is 17.8 Å². The summed E-state index contributed by atoms with van der Waals surface area (Å²) in [4.78, 5) is 23.7. The zero-order valence-electron chi connectivity index (χ0n) is 12.8. The van der Waals surface area contributed by atoms with Crippen LogP contribution in [0, 0.1) is 11.3 Å². The van der Waals surface area contributed by atoms with Gasteiger partial charge in [-0.25, -0.2) is 0 Å². The van der Waals surface area contributed by atoms with Gasteiger partial charge in [-0.3, -0.25) is 9.59 Å². The lowest BCUT2D eigenvalue weighted by molar-refractivity contribution is -0.136. The average Bonchev–Trinajstić information content (AvgIpc) is 2.98. The lowest BCUT2D eigenvalue weighted by atomic mass is 10.2. The predicted molar refractivity (Wildman–Crippen MR) is 88.2 cm³/mol. The molecular weight excluding hydrogens is 332 g/mol. The molecule has 1 heterocycles. The van der Waals surface area contributed by atoms with Gasteiger partial charge < -0.3 is 20.3 Å². The molecule has 1 aromatic carbocycles. The summed E-state index contributed by atoms with van der Waals surface area (Å²) in [5, 5.41) is 24.0. The standard InChI is InChI=1S/C16H15ClN4O3/c1-21-6-2-3-13(21)14(22)9-19-15(23)16(24)20-12-7-11(17)5-4-10(12)8-18/h2-7,14,22H,9H2,1H3,(H,19,23)(H,20,24)/t14-/m0/s1. The van der Waals surface area contributed by atoms with Gasteiger partial charge in [0, 0.05) is 30.5 Å². The van der Waals surface area contributed by atoms with Gasteiger partial charge >= 0.3 is 11.8 Å². The van der Waals surface area contributed by atoms with Crippen molar-refractivity contribution in [3.8, 4) is 6.07 Å². The third-order valence-corrected chi connectivity index (χ3v) is 3.57. The van der Waals surface area contributed by atoms with Crippen molar-refractivity contribution >= 4 is 29.1 Å². The highest BCUT2D eigenvalue weighted by atomic mass is 35.5. The third kappa shape index (κ3) is 4.13. The topological polar surface area (TPSA) is 107 Å². The zero-order chi connectivity index (χ0) is 17.7. The van der Waals surface area contributed by atoms with E-state index in [9.17, 15) is 14.7 Å². The Balaban J connectivity index is 1.96. The Bertz CT molecular complexity index is 810. The molecule has 2 aromatic rings. The van der Waals surface area contributed by atoms with Gasteiger partial charge in [-0.15, -0.1) is 0 Å². The van der Waals surface area contributed by atoms with Crippen LogP contribution < -0.4 is 10.6 Å². The zero-order valence-corrected chi connectivity index (χ0v) is 13.5. The molecule has 2 amide bonds. The van der Waals surface area contributed by atoms with Gasteiger partial charge in [0.15, 0.2) is 0 Å². The van der Waals surface area contributed by atoms with Crippen LogP contribution in [0.15, 0.2) is 36.5 Å². The highest BCUT2D eigenvalue weighted by molar-refractivity contribution is 6.40. The highest BCUT2D eigenvalue weighted by Gasteiger charge is 2.18. The van der Waals surface area contributed by atoms with E-state index < -0.39 is 17.9 Å². The van der Waals surface area contributed by atoms with E-state index in [0.29, 0.717) is 10.7 Å². The first-order valence-electron chi connectivity index (χ1n) is 7.00. The van der Waals surface area contributed by atoms with Gasteiger partial charge in [0.25, 0.3) is 0 Å². The molecule has 0 aliphatic carbocycles. The van der Waals surface area contributed by atoms with Crippen LogP contribution in [0.4, 0.5) is 5.69 Å². The minimum Gasteiger partial charge on any atom is -0.385 e. The molecule has 7 nitrogen and oxygen atoms in total. The normalized spacial score (nSPS) is 11.4. The SMILES string of the molecule is Cn1cccc1[C@@H](O)CNC(=O)C(=O)Nc1cc(Cl)ccc1C#N. The molecule has 0 saturated carbocycles. The van der Waals surface area contributed by atoms with Gasteiger partial charge in [-0.05, 0) is 30.3 Å². The molecule has 8 heteroatoms. The highest BCUT2D eigenvalue weighted by Crippen LogP contribution is 2.20. The Morgan fingerprint density at radius 2 is 2.12 bits per heavy atom. The number of hydrogen-bond donors (Lipinski definition) is 3. The number of aliphatic hydroxyl groups excluding tert-OH is 1. The second-order valence-electron chi connectivity index (χ2n) is 5.03. The molecule has 0 bridgehead atoms. The Kier molecular flexibility index (Phi) is 5.58. The molecule has 24 heavy (non-hydrogen) atoms. The molecular formula is C16H15ClN4O3. The number of aryl methyl sites for hydroxylation is 1.